The van der Waals surface area contributed by atoms with Crippen LogP contribution in [0.15, 0.2) is 18.2 Å². The van der Waals surface area contributed by atoms with Gasteiger partial charge in [-0.2, -0.15) is 0 Å². The molecule has 3 N–H and O–H groups in total. The minimum atomic E-state index is -0.299. The Morgan fingerprint density at radius 1 is 1.14 bits per heavy atom. The SMILES string of the molecule is Cc1cc(C)cc(OCC(=O)NNC(=S)NC(C)(C)C)c1. The lowest BCUT2D eigenvalue weighted by Gasteiger charge is -2.23. The van der Waals surface area contributed by atoms with E-state index in [0.717, 1.165) is 11.1 Å². The molecular formula is C15H23N3O2S. The topological polar surface area (TPSA) is 62.4 Å². The molecule has 0 saturated carbocycles. The number of hydrogen-bond acceptors (Lipinski definition) is 3. The van der Waals surface area contributed by atoms with E-state index >= 15 is 0 Å². The molecule has 0 spiro atoms. The van der Waals surface area contributed by atoms with Gasteiger partial charge in [-0.1, -0.05) is 6.07 Å². The van der Waals surface area contributed by atoms with E-state index in [-0.39, 0.29) is 18.1 Å². The molecule has 5 nitrogen and oxygen atoms in total. The van der Waals surface area contributed by atoms with Gasteiger partial charge >= 0.3 is 0 Å². The lowest BCUT2D eigenvalue weighted by atomic mass is 10.1. The molecule has 116 valence electrons. The molecule has 0 fully saturated rings. The van der Waals surface area contributed by atoms with Crippen LogP contribution in [-0.4, -0.2) is 23.2 Å². The van der Waals surface area contributed by atoms with Gasteiger partial charge in [-0.3, -0.25) is 15.6 Å². The standard InChI is InChI=1S/C15H23N3O2S/c1-10-6-11(2)8-12(7-10)20-9-13(19)17-18-14(21)16-15(3,4)5/h6-8H,9H2,1-5H3,(H,17,19)(H2,16,18,21). The number of carbonyl (C=O) groups is 1. The van der Waals surface area contributed by atoms with Crippen molar-refractivity contribution in [2.24, 2.45) is 0 Å². The normalized spacial score (nSPS) is 10.7. The number of carbonyl (C=O) groups excluding carboxylic acids is 1. The zero-order chi connectivity index (χ0) is 16.0. The third-order valence-corrected chi connectivity index (χ3v) is 2.57. The van der Waals surface area contributed by atoms with Crippen LogP contribution in [0.2, 0.25) is 0 Å². The number of hydrazine groups is 1. The first-order valence-corrected chi connectivity index (χ1v) is 7.14. The predicted octanol–water partition coefficient (Wildman–Crippen LogP) is 1.98. The Hall–Kier alpha value is -1.82. The largest absolute Gasteiger partial charge is 0.484 e. The van der Waals surface area contributed by atoms with Gasteiger partial charge in [-0.05, 0) is 70.1 Å². The summed E-state index contributed by atoms with van der Waals surface area (Å²) in [7, 11) is 0. The van der Waals surface area contributed by atoms with Crippen molar-refractivity contribution in [3.63, 3.8) is 0 Å². The van der Waals surface area contributed by atoms with Crippen molar-refractivity contribution in [2.45, 2.75) is 40.2 Å². The fraction of sp³-hybridized carbons (Fsp3) is 0.467. The second kappa shape index (κ2) is 7.26. The van der Waals surface area contributed by atoms with Crippen LogP contribution < -0.4 is 20.9 Å². The molecule has 0 unspecified atom stereocenters. The maximum atomic E-state index is 11.7. The monoisotopic (exact) mass is 309 g/mol. The summed E-state index contributed by atoms with van der Waals surface area (Å²) in [4.78, 5) is 11.7. The van der Waals surface area contributed by atoms with Crippen molar-refractivity contribution in [2.75, 3.05) is 6.61 Å². The molecule has 1 aromatic rings. The maximum absolute atomic E-state index is 11.7. The molecule has 0 saturated heterocycles. The Morgan fingerprint density at radius 2 is 1.71 bits per heavy atom. The van der Waals surface area contributed by atoms with Gasteiger partial charge in [0.2, 0.25) is 0 Å². The second-order valence-corrected chi connectivity index (χ2v) is 6.40. The molecule has 1 rings (SSSR count). The van der Waals surface area contributed by atoms with Crippen molar-refractivity contribution in [3.05, 3.63) is 29.3 Å². The van der Waals surface area contributed by atoms with E-state index in [1.54, 1.807) is 0 Å². The molecule has 0 heterocycles. The summed E-state index contributed by atoms with van der Waals surface area (Å²) < 4.78 is 5.45. The molecule has 0 aliphatic carbocycles. The molecule has 21 heavy (non-hydrogen) atoms. The average molecular weight is 309 g/mol. The molecule has 0 atom stereocenters. The number of ether oxygens (including phenoxy) is 1. The number of benzene rings is 1. The minimum Gasteiger partial charge on any atom is -0.484 e. The highest BCUT2D eigenvalue weighted by Crippen LogP contribution is 2.15. The summed E-state index contributed by atoms with van der Waals surface area (Å²) in [6.07, 6.45) is 0. The summed E-state index contributed by atoms with van der Waals surface area (Å²) >= 11 is 5.05. The Kier molecular flexibility index (Phi) is 5.96. The van der Waals surface area contributed by atoms with Gasteiger partial charge in [0.1, 0.15) is 5.75 Å². The van der Waals surface area contributed by atoms with Gasteiger partial charge in [-0.15, -0.1) is 0 Å². The molecule has 1 amide bonds. The number of aryl methyl sites for hydroxylation is 2. The van der Waals surface area contributed by atoms with Crippen LogP contribution in [0.3, 0.4) is 0 Å². The van der Waals surface area contributed by atoms with Gasteiger partial charge in [0.05, 0.1) is 0 Å². The highest BCUT2D eigenvalue weighted by molar-refractivity contribution is 7.80. The van der Waals surface area contributed by atoms with E-state index in [1.165, 1.54) is 0 Å². The highest BCUT2D eigenvalue weighted by atomic mass is 32.1. The van der Waals surface area contributed by atoms with Crippen LogP contribution >= 0.6 is 12.2 Å². The van der Waals surface area contributed by atoms with Crippen molar-refractivity contribution >= 4 is 23.2 Å². The van der Waals surface area contributed by atoms with Crippen LogP contribution in [0.4, 0.5) is 0 Å². The Morgan fingerprint density at radius 3 is 2.24 bits per heavy atom. The van der Waals surface area contributed by atoms with Crippen molar-refractivity contribution in [3.8, 4) is 5.75 Å². The first kappa shape index (κ1) is 17.2. The zero-order valence-electron chi connectivity index (χ0n) is 13.2. The summed E-state index contributed by atoms with van der Waals surface area (Å²) in [6, 6.07) is 5.82. The smallest absolute Gasteiger partial charge is 0.276 e. The van der Waals surface area contributed by atoms with Crippen LogP contribution in [0, 0.1) is 13.8 Å². The van der Waals surface area contributed by atoms with Crippen molar-refractivity contribution < 1.29 is 9.53 Å². The van der Waals surface area contributed by atoms with E-state index in [2.05, 4.69) is 16.2 Å². The summed E-state index contributed by atoms with van der Waals surface area (Å²) in [6.45, 7) is 9.83. The molecule has 0 aromatic heterocycles. The van der Waals surface area contributed by atoms with Gasteiger partial charge < -0.3 is 10.1 Å². The highest BCUT2D eigenvalue weighted by Gasteiger charge is 2.11. The van der Waals surface area contributed by atoms with Crippen molar-refractivity contribution in [1.82, 2.24) is 16.2 Å². The summed E-state index contributed by atoms with van der Waals surface area (Å²) in [5.74, 6) is 0.380. The van der Waals surface area contributed by atoms with Crippen LogP contribution in [0.25, 0.3) is 0 Å². The quantitative estimate of drug-likeness (QED) is 0.589. The average Bonchev–Trinajstić information content (AvgIpc) is 2.30. The molecule has 1 aromatic carbocycles. The fourth-order valence-electron chi connectivity index (χ4n) is 1.70. The number of nitrogens with one attached hydrogen (secondary N) is 3. The summed E-state index contributed by atoms with van der Waals surface area (Å²) in [5, 5.41) is 3.39. The van der Waals surface area contributed by atoms with E-state index in [1.807, 2.05) is 52.8 Å². The van der Waals surface area contributed by atoms with E-state index in [0.29, 0.717) is 10.9 Å². The molecule has 0 radical (unpaired) electrons. The molecule has 6 heteroatoms. The van der Waals surface area contributed by atoms with Crippen LogP contribution in [0.1, 0.15) is 31.9 Å². The van der Waals surface area contributed by atoms with Gasteiger partial charge in [0.15, 0.2) is 11.7 Å². The molecule has 0 aliphatic rings. The third-order valence-electron chi connectivity index (χ3n) is 2.37. The van der Waals surface area contributed by atoms with Crippen LogP contribution in [-0.2, 0) is 4.79 Å². The van der Waals surface area contributed by atoms with Gasteiger partial charge in [0, 0.05) is 5.54 Å². The number of amides is 1. The fourth-order valence-corrected chi connectivity index (χ4v) is 2.06. The lowest BCUT2D eigenvalue weighted by Crippen LogP contribution is -2.52. The van der Waals surface area contributed by atoms with E-state index in [4.69, 9.17) is 17.0 Å². The predicted molar refractivity (Wildman–Crippen MR) is 88.2 cm³/mol. The zero-order valence-corrected chi connectivity index (χ0v) is 14.0. The van der Waals surface area contributed by atoms with E-state index < -0.39 is 0 Å². The van der Waals surface area contributed by atoms with Crippen molar-refractivity contribution in [1.29, 1.82) is 0 Å². The Bertz CT molecular complexity index is 504. The minimum absolute atomic E-state index is 0.0754. The molecule has 0 bridgehead atoms. The lowest BCUT2D eigenvalue weighted by molar-refractivity contribution is -0.123. The van der Waals surface area contributed by atoms with E-state index in [9.17, 15) is 4.79 Å². The second-order valence-electron chi connectivity index (χ2n) is 5.99. The Balaban J connectivity index is 2.36. The first-order chi connectivity index (χ1) is 9.65. The third kappa shape index (κ3) is 7.51. The Labute approximate surface area is 131 Å². The van der Waals surface area contributed by atoms with Crippen LogP contribution in [0.5, 0.6) is 5.75 Å². The maximum Gasteiger partial charge on any atom is 0.276 e. The number of rotatable bonds is 3. The first-order valence-electron chi connectivity index (χ1n) is 6.74. The molecule has 0 aliphatic heterocycles. The van der Waals surface area contributed by atoms with Gasteiger partial charge in [-0.25, -0.2) is 0 Å². The number of hydrogen-bond donors (Lipinski definition) is 3. The summed E-state index contributed by atoms with van der Waals surface area (Å²) in [5.41, 5.74) is 7.16. The van der Waals surface area contributed by atoms with Gasteiger partial charge in [0.25, 0.3) is 5.91 Å². The number of thiocarbonyl (C=S) groups is 1. The molecular weight excluding hydrogens is 286 g/mol.